The fourth-order valence-electron chi connectivity index (χ4n) is 1.17. The minimum absolute atomic E-state index is 0.0505. The van der Waals surface area contributed by atoms with Gasteiger partial charge in [-0.1, -0.05) is 0 Å². The minimum atomic E-state index is -0.563. The second-order valence-electron chi connectivity index (χ2n) is 2.58. The zero-order valence-electron chi connectivity index (χ0n) is 7.31. The van der Waals surface area contributed by atoms with E-state index in [1.807, 2.05) is 0 Å². The lowest BCUT2D eigenvalue weighted by atomic mass is 10.1. The molecular formula is C9H11F2NO. The van der Waals surface area contributed by atoms with Crippen LogP contribution < -0.4 is 10.5 Å². The van der Waals surface area contributed by atoms with E-state index in [1.165, 1.54) is 7.11 Å². The summed E-state index contributed by atoms with van der Waals surface area (Å²) in [5.41, 5.74) is 5.46. The average molecular weight is 187 g/mol. The van der Waals surface area contributed by atoms with E-state index in [1.54, 1.807) is 0 Å². The first-order chi connectivity index (χ1) is 6.20. The Hall–Kier alpha value is -1.16. The van der Waals surface area contributed by atoms with Crippen LogP contribution in [0.4, 0.5) is 8.78 Å². The molecule has 0 aliphatic rings. The van der Waals surface area contributed by atoms with Crippen molar-refractivity contribution in [1.82, 2.24) is 0 Å². The van der Waals surface area contributed by atoms with Gasteiger partial charge >= 0.3 is 0 Å². The normalized spacial score (nSPS) is 10.2. The molecule has 1 aromatic carbocycles. The molecule has 1 aromatic rings. The summed E-state index contributed by atoms with van der Waals surface area (Å²) in [5, 5.41) is 0. The van der Waals surface area contributed by atoms with Gasteiger partial charge in [0.05, 0.1) is 7.11 Å². The van der Waals surface area contributed by atoms with E-state index in [-0.39, 0.29) is 24.3 Å². The number of halogens is 2. The van der Waals surface area contributed by atoms with Crippen LogP contribution in [0.25, 0.3) is 0 Å². The molecule has 4 heteroatoms. The van der Waals surface area contributed by atoms with Crippen molar-refractivity contribution in [3.8, 4) is 5.75 Å². The van der Waals surface area contributed by atoms with Crippen LogP contribution in [0.5, 0.6) is 5.75 Å². The Balaban J connectivity index is 3.18. The summed E-state index contributed by atoms with van der Waals surface area (Å²) in [4.78, 5) is 0. The molecule has 0 heterocycles. The van der Waals surface area contributed by atoms with Gasteiger partial charge in [-0.2, -0.15) is 0 Å². The van der Waals surface area contributed by atoms with Gasteiger partial charge in [-0.3, -0.25) is 0 Å². The van der Waals surface area contributed by atoms with Gasteiger partial charge < -0.3 is 10.5 Å². The van der Waals surface area contributed by atoms with E-state index in [2.05, 4.69) is 0 Å². The van der Waals surface area contributed by atoms with E-state index in [0.717, 1.165) is 12.1 Å². The Morgan fingerprint density at radius 1 is 1.31 bits per heavy atom. The third-order valence-electron chi connectivity index (χ3n) is 1.75. The number of ether oxygens (including phenoxy) is 1. The van der Waals surface area contributed by atoms with E-state index < -0.39 is 11.6 Å². The van der Waals surface area contributed by atoms with Crippen LogP contribution in [0.2, 0.25) is 0 Å². The van der Waals surface area contributed by atoms with Crippen LogP contribution in [0, 0.1) is 11.6 Å². The highest BCUT2D eigenvalue weighted by Crippen LogP contribution is 2.25. The van der Waals surface area contributed by atoms with Gasteiger partial charge in [0, 0.05) is 5.56 Å². The first-order valence-electron chi connectivity index (χ1n) is 3.91. The molecule has 72 valence electrons. The molecule has 1 rings (SSSR count). The zero-order chi connectivity index (χ0) is 9.84. The van der Waals surface area contributed by atoms with Crippen molar-refractivity contribution in [2.75, 3.05) is 13.7 Å². The monoisotopic (exact) mass is 187 g/mol. The van der Waals surface area contributed by atoms with Crippen molar-refractivity contribution < 1.29 is 13.5 Å². The van der Waals surface area contributed by atoms with Crippen molar-refractivity contribution in [2.45, 2.75) is 6.42 Å². The molecule has 0 aliphatic carbocycles. The summed E-state index contributed by atoms with van der Waals surface area (Å²) < 4.78 is 30.9. The molecule has 0 saturated heterocycles. The second kappa shape index (κ2) is 4.18. The van der Waals surface area contributed by atoms with Crippen LogP contribution >= 0.6 is 0 Å². The average Bonchev–Trinajstić information content (AvgIpc) is 2.12. The molecule has 0 bridgehead atoms. The topological polar surface area (TPSA) is 35.2 Å². The number of methoxy groups -OCH3 is 1. The van der Waals surface area contributed by atoms with Crippen LogP contribution in [-0.4, -0.2) is 13.7 Å². The zero-order valence-corrected chi connectivity index (χ0v) is 7.31. The third kappa shape index (κ3) is 1.95. The Labute approximate surface area is 75.3 Å². The van der Waals surface area contributed by atoms with Crippen molar-refractivity contribution in [3.05, 3.63) is 29.3 Å². The first kappa shape index (κ1) is 9.92. The summed E-state index contributed by atoms with van der Waals surface area (Å²) in [5.74, 6) is -1.10. The van der Waals surface area contributed by atoms with Crippen LogP contribution in [0.15, 0.2) is 12.1 Å². The van der Waals surface area contributed by atoms with Crippen LogP contribution in [-0.2, 0) is 6.42 Å². The maximum Gasteiger partial charge on any atom is 0.165 e. The van der Waals surface area contributed by atoms with Gasteiger partial charge in [-0.15, -0.1) is 0 Å². The highest BCUT2D eigenvalue weighted by Gasteiger charge is 2.12. The Bertz CT molecular complexity index is 302. The quantitative estimate of drug-likeness (QED) is 0.777. The Morgan fingerprint density at radius 2 is 1.92 bits per heavy atom. The van der Waals surface area contributed by atoms with Crippen molar-refractivity contribution >= 4 is 0 Å². The van der Waals surface area contributed by atoms with Gasteiger partial charge in [0.25, 0.3) is 0 Å². The number of hydrogen-bond acceptors (Lipinski definition) is 2. The van der Waals surface area contributed by atoms with Gasteiger partial charge in [0.2, 0.25) is 0 Å². The van der Waals surface area contributed by atoms with Crippen LogP contribution in [0.1, 0.15) is 5.56 Å². The lowest BCUT2D eigenvalue weighted by molar-refractivity contribution is 0.376. The highest BCUT2D eigenvalue weighted by molar-refractivity contribution is 5.36. The predicted molar refractivity (Wildman–Crippen MR) is 45.7 cm³/mol. The molecule has 0 unspecified atom stereocenters. The van der Waals surface area contributed by atoms with Gasteiger partial charge in [-0.25, -0.2) is 8.78 Å². The predicted octanol–water partition coefficient (Wildman–Crippen LogP) is 1.47. The molecule has 0 saturated carbocycles. The molecular weight excluding hydrogens is 176 g/mol. The second-order valence-corrected chi connectivity index (χ2v) is 2.58. The first-order valence-corrected chi connectivity index (χ1v) is 3.91. The standard InChI is InChI=1S/C9H11F2NO/c1-13-9-6(4-5-12)7(10)2-3-8(9)11/h2-3H,4-5,12H2,1H3. The van der Waals surface area contributed by atoms with E-state index >= 15 is 0 Å². The molecule has 2 nitrogen and oxygen atoms in total. The van der Waals surface area contributed by atoms with Gasteiger partial charge in [0.15, 0.2) is 11.6 Å². The summed E-state index contributed by atoms with van der Waals surface area (Å²) in [6, 6.07) is 2.11. The fourth-order valence-corrected chi connectivity index (χ4v) is 1.17. The summed E-state index contributed by atoms with van der Waals surface area (Å²) in [7, 11) is 1.30. The SMILES string of the molecule is COc1c(F)ccc(F)c1CCN. The largest absolute Gasteiger partial charge is 0.493 e. The van der Waals surface area contributed by atoms with Crippen molar-refractivity contribution in [2.24, 2.45) is 5.73 Å². The number of benzene rings is 1. The maximum atomic E-state index is 13.1. The van der Waals surface area contributed by atoms with Gasteiger partial charge in [0.1, 0.15) is 5.82 Å². The summed E-state index contributed by atoms with van der Waals surface area (Å²) in [6.07, 6.45) is 0.271. The molecule has 13 heavy (non-hydrogen) atoms. The van der Waals surface area contributed by atoms with Gasteiger partial charge in [-0.05, 0) is 25.1 Å². The Morgan fingerprint density at radius 3 is 2.46 bits per heavy atom. The molecule has 2 N–H and O–H groups in total. The highest BCUT2D eigenvalue weighted by atomic mass is 19.1. The lowest BCUT2D eigenvalue weighted by Gasteiger charge is -2.08. The van der Waals surface area contributed by atoms with Crippen molar-refractivity contribution in [1.29, 1.82) is 0 Å². The number of rotatable bonds is 3. The number of hydrogen-bond donors (Lipinski definition) is 1. The molecule has 0 atom stereocenters. The van der Waals surface area contributed by atoms with E-state index in [9.17, 15) is 8.78 Å². The molecule has 0 radical (unpaired) electrons. The maximum absolute atomic E-state index is 13.1. The lowest BCUT2D eigenvalue weighted by Crippen LogP contribution is -2.07. The molecule has 0 fully saturated rings. The van der Waals surface area contributed by atoms with Crippen molar-refractivity contribution in [3.63, 3.8) is 0 Å². The van der Waals surface area contributed by atoms with E-state index in [0.29, 0.717) is 0 Å². The minimum Gasteiger partial charge on any atom is -0.493 e. The summed E-state index contributed by atoms with van der Waals surface area (Å²) in [6.45, 7) is 0.261. The third-order valence-corrected chi connectivity index (χ3v) is 1.75. The molecule has 0 amide bonds. The fraction of sp³-hybridized carbons (Fsp3) is 0.333. The smallest absolute Gasteiger partial charge is 0.165 e. The van der Waals surface area contributed by atoms with Crippen LogP contribution in [0.3, 0.4) is 0 Å². The Kier molecular flexibility index (Phi) is 3.19. The molecule has 0 aliphatic heterocycles. The van der Waals surface area contributed by atoms with E-state index in [4.69, 9.17) is 10.5 Å². The number of nitrogens with two attached hydrogens (primary N) is 1. The molecule has 0 aromatic heterocycles. The molecule has 0 spiro atoms. The summed E-state index contributed by atoms with van der Waals surface area (Å²) >= 11 is 0.